The van der Waals surface area contributed by atoms with Gasteiger partial charge in [-0.1, -0.05) is 26.7 Å². The van der Waals surface area contributed by atoms with Crippen molar-refractivity contribution in [3.63, 3.8) is 0 Å². The van der Waals surface area contributed by atoms with Crippen molar-refractivity contribution < 1.29 is 10.0 Å². The molecule has 0 aliphatic heterocycles. The molecule has 0 atom stereocenters. The molecule has 110 valence electrons. The van der Waals surface area contributed by atoms with Crippen molar-refractivity contribution in [2.24, 2.45) is 0 Å². The first kappa shape index (κ1) is 16.2. The van der Waals surface area contributed by atoms with Gasteiger partial charge in [0.1, 0.15) is 11.4 Å². The van der Waals surface area contributed by atoms with Crippen LogP contribution >= 0.6 is 0 Å². The molecule has 3 nitrogen and oxygen atoms in total. The van der Waals surface area contributed by atoms with Crippen molar-refractivity contribution in [2.75, 3.05) is 0 Å². The summed E-state index contributed by atoms with van der Waals surface area (Å²) < 4.78 is 5.24. The monoisotopic (exact) mass is 266 g/mol. The molecular formula is C16H30N2O. The molecule has 0 fully saturated rings. The highest BCUT2D eigenvalue weighted by molar-refractivity contribution is 5.14. The molecule has 19 heavy (non-hydrogen) atoms. The van der Waals surface area contributed by atoms with Crippen LogP contribution in [0.5, 0.6) is 0 Å². The van der Waals surface area contributed by atoms with E-state index in [1.54, 1.807) is 11.4 Å². The molecule has 0 unspecified atom stereocenters. The lowest BCUT2D eigenvalue weighted by atomic mass is 10.0. The molecule has 1 aromatic rings. The van der Waals surface area contributed by atoms with Crippen molar-refractivity contribution in [1.82, 2.24) is 4.57 Å². The molecular weight excluding hydrogens is 236 g/mol. The number of unbranched alkanes of at least 4 members (excludes halogenated alkanes) is 2. The lowest BCUT2D eigenvalue weighted by Crippen LogP contribution is -2.40. The summed E-state index contributed by atoms with van der Waals surface area (Å²) in [4.78, 5) is 0. The van der Waals surface area contributed by atoms with E-state index in [-0.39, 0.29) is 5.48 Å². The molecule has 0 spiro atoms. The number of nitrogens with zero attached hydrogens (tertiary/aromatic N) is 2. The summed E-state index contributed by atoms with van der Waals surface area (Å²) in [6.07, 6.45) is 10.6. The second-order valence-corrected chi connectivity index (χ2v) is 5.66. The first-order valence-corrected chi connectivity index (χ1v) is 7.90. The van der Waals surface area contributed by atoms with E-state index in [4.69, 9.17) is 0 Å². The van der Waals surface area contributed by atoms with Crippen LogP contribution in [0.2, 0.25) is 0 Å². The lowest BCUT2D eigenvalue weighted by molar-refractivity contribution is -0.710. The van der Waals surface area contributed by atoms with Crippen molar-refractivity contribution in [2.45, 2.75) is 85.2 Å². The van der Waals surface area contributed by atoms with Crippen molar-refractivity contribution in [1.29, 1.82) is 0 Å². The van der Waals surface area contributed by atoms with Crippen LogP contribution < -0.4 is 4.57 Å². The fourth-order valence-electron chi connectivity index (χ4n) is 3.22. The van der Waals surface area contributed by atoms with Gasteiger partial charge in [-0.15, -0.1) is 0 Å². The van der Waals surface area contributed by atoms with Crippen LogP contribution in [-0.2, 0) is 25.9 Å². The number of rotatable bonds is 6. The lowest BCUT2D eigenvalue weighted by Gasteiger charge is -2.09. The molecule has 0 amide bonds. The molecule has 1 N–H and O–H groups in total. The molecule has 0 saturated carbocycles. The van der Waals surface area contributed by atoms with E-state index < -0.39 is 0 Å². The van der Waals surface area contributed by atoms with Gasteiger partial charge in [-0.05, 0) is 25.7 Å². The van der Waals surface area contributed by atoms with E-state index in [9.17, 15) is 0 Å². The summed E-state index contributed by atoms with van der Waals surface area (Å²) in [6, 6.07) is 0. The van der Waals surface area contributed by atoms with Crippen LogP contribution in [0.3, 0.4) is 0 Å². The Morgan fingerprint density at radius 1 is 1.05 bits per heavy atom. The quantitative estimate of drug-likeness (QED) is 0.727. The number of fused-ring (bicyclic) bond motifs is 1. The zero-order chi connectivity index (χ0) is 13.0. The maximum Gasteiger partial charge on any atom is 0.253 e. The van der Waals surface area contributed by atoms with E-state index in [2.05, 4.69) is 29.9 Å². The van der Waals surface area contributed by atoms with Gasteiger partial charge in [0.25, 0.3) is 5.82 Å². The number of aromatic nitrogens is 2. The second-order valence-electron chi connectivity index (χ2n) is 5.66. The van der Waals surface area contributed by atoms with Crippen molar-refractivity contribution >= 4 is 0 Å². The summed E-state index contributed by atoms with van der Waals surface area (Å²) in [5.41, 5.74) is 3.31. The fraction of sp³-hybridized carbons (Fsp3) is 0.812. The van der Waals surface area contributed by atoms with Gasteiger partial charge in [-0.2, -0.15) is 0 Å². The average molecular weight is 266 g/mol. The van der Waals surface area contributed by atoms with Crippen LogP contribution in [0, 0.1) is 6.92 Å². The van der Waals surface area contributed by atoms with Gasteiger partial charge >= 0.3 is 0 Å². The molecule has 1 heterocycles. The molecule has 0 saturated heterocycles. The maximum atomic E-state index is 2.62. The highest BCUT2D eigenvalue weighted by Crippen LogP contribution is 2.21. The van der Waals surface area contributed by atoms with Crippen LogP contribution in [-0.4, -0.2) is 10.0 Å². The van der Waals surface area contributed by atoms with Gasteiger partial charge in [-0.3, -0.25) is 0 Å². The molecule has 1 aliphatic carbocycles. The first-order chi connectivity index (χ1) is 8.79. The van der Waals surface area contributed by atoms with Crippen LogP contribution in [0.4, 0.5) is 0 Å². The summed E-state index contributed by atoms with van der Waals surface area (Å²) >= 11 is 0. The minimum atomic E-state index is 0. The van der Waals surface area contributed by atoms with E-state index in [1.165, 1.54) is 70.3 Å². The predicted molar refractivity (Wildman–Crippen MR) is 77.8 cm³/mol. The number of hydrogen-bond acceptors (Lipinski definition) is 1. The SMILES string of the molecule is CCCCn1c2c([n+](CCCC)c1C)CCCC2.[OH-]. The summed E-state index contributed by atoms with van der Waals surface area (Å²) in [5.74, 6) is 1.50. The molecule has 1 aliphatic rings. The second kappa shape index (κ2) is 7.68. The Balaban J connectivity index is 0.00000180. The fourth-order valence-corrected chi connectivity index (χ4v) is 3.22. The molecule has 0 radical (unpaired) electrons. The molecule has 0 aromatic carbocycles. The smallest absolute Gasteiger partial charge is 0.253 e. The molecule has 2 rings (SSSR count). The van der Waals surface area contributed by atoms with Gasteiger partial charge in [0.15, 0.2) is 0 Å². The Morgan fingerprint density at radius 2 is 1.74 bits per heavy atom. The standard InChI is InChI=1S/C16H29N2.H2O/c1-4-6-12-17-14(3)18(13-7-5-2)16-11-9-8-10-15(16)17;/h4-13H2,1-3H3;1H2/q+1;/p-1. The Morgan fingerprint density at radius 3 is 2.42 bits per heavy atom. The van der Waals surface area contributed by atoms with Crippen molar-refractivity contribution in [3.05, 3.63) is 17.2 Å². The van der Waals surface area contributed by atoms with Crippen LogP contribution in [0.1, 0.15) is 69.6 Å². The largest absolute Gasteiger partial charge is 0.870 e. The average Bonchev–Trinajstić information content (AvgIpc) is 2.66. The minimum Gasteiger partial charge on any atom is -0.870 e. The normalized spacial score (nSPS) is 14.1. The molecule has 3 heteroatoms. The maximum absolute atomic E-state index is 2.62. The van der Waals surface area contributed by atoms with Gasteiger partial charge in [0.05, 0.1) is 13.1 Å². The minimum absolute atomic E-state index is 0. The molecule has 1 aromatic heterocycles. The first-order valence-electron chi connectivity index (χ1n) is 7.90. The molecule has 0 bridgehead atoms. The van der Waals surface area contributed by atoms with Gasteiger partial charge in [0, 0.05) is 19.8 Å². The Hall–Kier alpha value is -0.830. The highest BCUT2D eigenvalue weighted by atomic mass is 16.0. The van der Waals surface area contributed by atoms with E-state index in [1.807, 2.05) is 0 Å². The van der Waals surface area contributed by atoms with Crippen LogP contribution in [0.15, 0.2) is 0 Å². The third-order valence-corrected chi connectivity index (χ3v) is 4.31. The van der Waals surface area contributed by atoms with Crippen LogP contribution in [0.25, 0.3) is 0 Å². The summed E-state index contributed by atoms with van der Waals surface area (Å²) in [6.45, 7) is 9.35. The van der Waals surface area contributed by atoms with E-state index in [0.29, 0.717) is 0 Å². The van der Waals surface area contributed by atoms with Gasteiger partial charge < -0.3 is 5.48 Å². The predicted octanol–water partition coefficient (Wildman–Crippen LogP) is 3.39. The topological polar surface area (TPSA) is 38.8 Å². The Labute approximate surface area is 117 Å². The van der Waals surface area contributed by atoms with Crippen molar-refractivity contribution in [3.8, 4) is 0 Å². The summed E-state index contributed by atoms with van der Waals surface area (Å²) in [7, 11) is 0. The van der Waals surface area contributed by atoms with E-state index >= 15 is 0 Å². The van der Waals surface area contributed by atoms with Gasteiger partial charge in [0.2, 0.25) is 0 Å². The third-order valence-electron chi connectivity index (χ3n) is 4.31. The number of hydrogen-bond donors (Lipinski definition) is 0. The Kier molecular flexibility index (Phi) is 6.56. The zero-order valence-corrected chi connectivity index (χ0v) is 12.9. The van der Waals surface area contributed by atoms with Gasteiger partial charge in [-0.25, -0.2) is 9.13 Å². The zero-order valence-electron chi connectivity index (χ0n) is 12.9. The number of imidazole rings is 1. The summed E-state index contributed by atoms with van der Waals surface area (Å²) in [5, 5.41) is 0. The Bertz CT molecular complexity index is 360. The third kappa shape index (κ3) is 3.38. The highest BCUT2D eigenvalue weighted by Gasteiger charge is 2.28. The van der Waals surface area contributed by atoms with E-state index in [0.717, 1.165) is 0 Å².